The van der Waals surface area contributed by atoms with Gasteiger partial charge in [0.05, 0.1) is 19.3 Å². The minimum atomic E-state index is -0.910. The van der Waals surface area contributed by atoms with Gasteiger partial charge in [-0.1, -0.05) is 13.8 Å². The molecule has 0 spiro atoms. The van der Waals surface area contributed by atoms with E-state index in [9.17, 15) is 9.59 Å². The molecule has 1 aliphatic rings. The Morgan fingerprint density at radius 3 is 2.32 bits per heavy atom. The zero-order valence-electron chi connectivity index (χ0n) is 12.1. The van der Waals surface area contributed by atoms with Crippen molar-refractivity contribution in [1.29, 1.82) is 0 Å². The van der Waals surface area contributed by atoms with Gasteiger partial charge in [-0.2, -0.15) is 0 Å². The fraction of sp³-hybridized carbons (Fsp3) is 0.846. The minimum Gasteiger partial charge on any atom is -0.481 e. The lowest BCUT2D eigenvalue weighted by Crippen LogP contribution is -2.51. The fourth-order valence-electron chi connectivity index (χ4n) is 2.54. The SMILES string of the molecule is CCC(CC)N(C)C(=O)N(C)C1COCC1C(=O)O. The molecule has 0 radical (unpaired) electrons. The van der Waals surface area contributed by atoms with Crippen LogP contribution in [-0.2, 0) is 9.53 Å². The standard InChI is InChI=1S/C13H24N2O4/c1-5-9(6-2)14(3)13(18)15(4)11-8-19-7-10(11)12(16)17/h9-11H,5-8H2,1-4H3,(H,16,17). The van der Waals surface area contributed by atoms with E-state index in [1.165, 1.54) is 4.90 Å². The summed E-state index contributed by atoms with van der Waals surface area (Å²) < 4.78 is 5.20. The van der Waals surface area contributed by atoms with Crippen LogP contribution in [-0.4, -0.2) is 66.3 Å². The highest BCUT2D eigenvalue weighted by molar-refractivity contribution is 5.77. The number of carbonyl (C=O) groups is 2. The first-order valence-corrected chi connectivity index (χ1v) is 6.74. The van der Waals surface area contributed by atoms with Gasteiger partial charge in [0.25, 0.3) is 0 Å². The number of hydrogen-bond donors (Lipinski definition) is 1. The first-order chi connectivity index (χ1) is 8.93. The average molecular weight is 272 g/mol. The molecule has 6 nitrogen and oxygen atoms in total. The van der Waals surface area contributed by atoms with Crippen molar-refractivity contribution in [2.75, 3.05) is 27.3 Å². The first kappa shape index (κ1) is 15.8. The van der Waals surface area contributed by atoms with Crippen molar-refractivity contribution in [3.63, 3.8) is 0 Å². The molecule has 1 aliphatic heterocycles. The molecular weight excluding hydrogens is 248 g/mol. The normalized spacial score (nSPS) is 22.6. The summed E-state index contributed by atoms with van der Waals surface area (Å²) >= 11 is 0. The van der Waals surface area contributed by atoms with Crippen LogP contribution >= 0.6 is 0 Å². The van der Waals surface area contributed by atoms with Crippen molar-refractivity contribution in [2.45, 2.75) is 38.8 Å². The van der Waals surface area contributed by atoms with Crippen LogP contribution in [0.15, 0.2) is 0 Å². The molecule has 1 fully saturated rings. The molecule has 1 heterocycles. The van der Waals surface area contributed by atoms with Crippen molar-refractivity contribution < 1.29 is 19.4 Å². The third-order valence-corrected chi connectivity index (χ3v) is 3.96. The number of urea groups is 1. The average Bonchev–Trinajstić information content (AvgIpc) is 2.87. The van der Waals surface area contributed by atoms with Gasteiger partial charge in [-0.3, -0.25) is 4.79 Å². The second-order valence-electron chi connectivity index (χ2n) is 5.02. The van der Waals surface area contributed by atoms with Crippen LogP contribution in [0.2, 0.25) is 0 Å². The number of hydrogen-bond acceptors (Lipinski definition) is 3. The molecular formula is C13H24N2O4. The summed E-state index contributed by atoms with van der Waals surface area (Å²) in [4.78, 5) is 26.7. The van der Waals surface area contributed by atoms with E-state index in [2.05, 4.69) is 0 Å². The van der Waals surface area contributed by atoms with Crippen molar-refractivity contribution in [1.82, 2.24) is 9.80 Å². The van der Waals surface area contributed by atoms with Gasteiger partial charge in [-0.05, 0) is 12.8 Å². The van der Waals surface area contributed by atoms with Gasteiger partial charge in [0.15, 0.2) is 0 Å². The first-order valence-electron chi connectivity index (χ1n) is 6.74. The monoisotopic (exact) mass is 272 g/mol. The number of aliphatic carboxylic acids is 1. The molecule has 19 heavy (non-hydrogen) atoms. The Morgan fingerprint density at radius 1 is 1.26 bits per heavy atom. The van der Waals surface area contributed by atoms with Crippen LogP contribution < -0.4 is 0 Å². The lowest BCUT2D eigenvalue weighted by Gasteiger charge is -2.34. The van der Waals surface area contributed by atoms with Gasteiger partial charge >= 0.3 is 12.0 Å². The number of rotatable bonds is 5. The molecule has 0 aromatic heterocycles. The van der Waals surface area contributed by atoms with E-state index in [-0.39, 0.29) is 31.3 Å². The van der Waals surface area contributed by atoms with Crippen molar-refractivity contribution >= 4 is 12.0 Å². The molecule has 0 aromatic rings. The number of amides is 2. The van der Waals surface area contributed by atoms with Gasteiger partial charge in [0.2, 0.25) is 0 Å². The number of ether oxygens (including phenoxy) is 1. The molecule has 1 saturated heterocycles. The molecule has 1 rings (SSSR count). The van der Waals surface area contributed by atoms with Gasteiger partial charge in [-0.25, -0.2) is 4.79 Å². The summed E-state index contributed by atoms with van der Waals surface area (Å²) in [5, 5.41) is 9.12. The maximum atomic E-state index is 12.4. The predicted octanol–water partition coefficient (Wildman–Crippen LogP) is 1.26. The number of carboxylic acid groups (broad SMARTS) is 1. The second kappa shape index (κ2) is 6.75. The highest BCUT2D eigenvalue weighted by Crippen LogP contribution is 2.21. The highest BCUT2D eigenvalue weighted by Gasteiger charge is 2.39. The smallest absolute Gasteiger partial charge is 0.320 e. The Hall–Kier alpha value is -1.30. The Morgan fingerprint density at radius 2 is 1.84 bits per heavy atom. The summed E-state index contributed by atoms with van der Waals surface area (Å²) in [6, 6.07) is -0.349. The number of likely N-dealkylation sites (N-methyl/N-ethyl adjacent to an activating group) is 1. The van der Waals surface area contributed by atoms with E-state index in [0.717, 1.165) is 12.8 Å². The van der Waals surface area contributed by atoms with Gasteiger partial charge in [-0.15, -0.1) is 0 Å². The molecule has 110 valence electrons. The molecule has 0 bridgehead atoms. The van der Waals surface area contributed by atoms with Gasteiger partial charge in [0.1, 0.15) is 5.92 Å². The molecule has 2 atom stereocenters. The van der Waals surface area contributed by atoms with E-state index >= 15 is 0 Å². The third-order valence-electron chi connectivity index (χ3n) is 3.96. The van der Waals surface area contributed by atoms with Crippen molar-refractivity contribution in [3.8, 4) is 0 Å². The third kappa shape index (κ3) is 3.37. The summed E-state index contributed by atoms with van der Waals surface area (Å²) in [6.07, 6.45) is 1.77. The van der Waals surface area contributed by atoms with Crippen LogP contribution in [0.25, 0.3) is 0 Å². The summed E-state index contributed by atoms with van der Waals surface area (Å²) in [7, 11) is 3.42. The lowest BCUT2D eigenvalue weighted by molar-refractivity contribution is -0.142. The lowest BCUT2D eigenvalue weighted by atomic mass is 10.0. The van der Waals surface area contributed by atoms with Crippen LogP contribution in [0.1, 0.15) is 26.7 Å². The van der Waals surface area contributed by atoms with Gasteiger partial charge in [0, 0.05) is 20.1 Å². The maximum Gasteiger partial charge on any atom is 0.320 e. The van der Waals surface area contributed by atoms with Crippen LogP contribution in [0.3, 0.4) is 0 Å². The molecule has 0 aromatic carbocycles. The molecule has 6 heteroatoms. The quantitative estimate of drug-likeness (QED) is 0.818. The van der Waals surface area contributed by atoms with Crippen molar-refractivity contribution in [2.24, 2.45) is 5.92 Å². The van der Waals surface area contributed by atoms with Gasteiger partial charge < -0.3 is 19.6 Å². The molecule has 0 saturated carbocycles. The van der Waals surface area contributed by atoms with E-state index in [1.54, 1.807) is 19.0 Å². The highest BCUT2D eigenvalue weighted by atomic mass is 16.5. The maximum absolute atomic E-state index is 12.4. The van der Waals surface area contributed by atoms with Crippen LogP contribution in [0, 0.1) is 5.92 Å². The van der Waals surface area contributed by atoms with Crippen molar-refractivity contribution in [3.05, 3.63) is 0 Å². The van der Waals surface area contributed by atoms with Crippen LogP contribution in [0.4, 0.5) is 4.79 Å². The predicted molar refractivity (Wildman–Crippen MR) is 71.0 cm³/mol. The largest absolute Gasteiger partial charge is 0.481 e. The minimum absolute atomic E-state index is 0.143. The summed E-state index contributed by atoms with van der Waals surface area (Å²) in [5.41, 5.74) is 0. The molecule has 2 unspecified atom stereocenters. The Kier molecular flexibility index (Phi) is 5.60. The number of nitrogens with zero attached hydrogens (tertiary/aromatic N) is 2. The molecule has 2 amide bonds. The van der Waals surface area contributed by atoms with E-state index < -0.39 is 11.9 Å². The summed E-state index contributed by atoms with van der Waals surface area (Å²) in [6.45, 7) is 4.54. The Balaban J connectivity index is 2.73. The second-order valence-corrected chi connectivity index (χ2v) is 5.02. The molecule has 1 N–H and O–H groups in total. The van der Waals surface area contributed by atoms with E-state index in [0.29, 0.717) is 0 Å². The Bertz CT molecular complexity index is 331. The van der Waals surface area contributed by atoms with Crippen LogP contribution in [0.5, 0.6) is 0 Å². The molecule has 0 aliphatic carbocycles. The number of carboxylic acids is 1. The van der Waals surface area contributed by atoms with E-state index in [4.69, 9.17) is 9.84 Å². The summed E-state index contributed by atoms with van der Waals surface area (Å²) in [5.74, 6) is -1.55. The zero-order valence-corrected chi connectivity index (χ0v) is 12.1. The fourth-order valence-corrected chi connectivity index (χ4v) is 2.54. The zero-order chi connectivity index (χ0) is 14.6. The Labute approximate surface area is 114 Å². The number of carbonyl (C=O) groups excluding carboxylic acids is 1. The van der Waals surface area contributed by atoms with E-state index in [1.807, 2.05) is 13.8 Å². The topological polar surface area (TPSA) is 70.1 Å².